The van der Waals surface area contributed by atoms with Crippen molar-refractivity contribution in [1.82, 2.24) is 0 Å². The number of phenolic OH excluding ortho intramolecular Hbond substituents is 1. The maximum Gasteiger partial charge on any atom is 0.336 e. The van der Waals surface area contributed by atoms with Crippen LogP contribution in [0.25, 0.3) is 0 Å². The van der Waals surface area contributed by atoms with E-state index in [4.69, 9.17) is 9.47 Å². The van der Waals surface area contributed by atoms with Gasteiger partial charge in [0.05, 0.1) is 5.60 Å². The third-order valence-electron chi connectivity index (χ3n) is 2.50. The zero-order valence-electron chi connectivity index (χ0n) is 13.8. The number of hydrogen-bond donors (Lipinski definition) is 1. The lowest BCUT2D eigenvalue weighted by molar-refractivity contribution is -0.177. The summed E-state index contributed by atoms with van der Waals surface area (Å²) in [6.07, 6.45) is -0.341. The summed E-state index contributed by atoms with van der Waals surface area (Å²) in [5.74, 6) is -0.216. The molecule has 0 heterocycles. The third kappa shape index (κ3) is 7.14. The molecule has 0 aliphatic heterocycles. The van der Waals surface area contributed by atoms with E-state index in [0.717, 1.165) is 5.56 Å². The minimum absolute atomic E-state index is 0.172. The van der Waals surface area contributed by atoms with Gasteiger partial charge in [-0.2, -0.15) is 0 Å². The standard InChI is InChI=1S/C17H26O4/c1-16(2,3)20-14(15(19)21-17(4,5)6)11-12-8-7-9-13(18)10-12/h7-10,14,18H,11H2,1-6H3. The van der Waals surface area contributed by atoms with Crippen LogP contribution in [-0.4, -0.2) is 28.4 Å². The average Bonchev–Trinajstić information content (AvgIpc) is 2.23. The molecule has 0 spiro atoms. The molecule has 4 heteroatoms. The number of ether oxygens (including phenoxy) is 2. The molecule has 1 atom stereocenters. The highest BCUT2D eigenvalue weighted by molar-refractivity contribution is 5.75. The van der Waals surface area contributed by atoms with Crippen molar-refractivity contribution in [3.8, 4) is 5.75 Å². The van der Waals surface area contributed by atoms with Crippen molar-refractivity contribution < 1.29 is 19.4 Å². The number of hydrogen-bond acceptors (Lipinski definition) is 4. The Labute approximate surface area is 127 Å². The normalized spacial score (nSPS) is 13.8. The molecule has 4 nitrogen and oxygen atoms in total. The Hall–Kier alpha value is -1.55. The van der Waals surface area contributed by atoms with Crippen molar-refractivity contribution in [2.75, 3.05) is 0 Å². The summed E-state index contributed by atoms with van der Waals surface area (Å²) in [5, 5.41) is 9.53. The predicted molar refractivity (Wildman–Crippen MR) is 82.3 cm³/mol. The molecule has 0 amide bonds. The molecule has 1 unspecified atom stereocenters. The van der Waals surface area contributed by atoms with Crippen molar-refractivity contribution in [1.29, 1.82) is 0 Å². The van der Waals surface area contributed by atoms with E-state index in [2.05, 4.69) is 0 Å². The molecule has 1 N–H and O–H groups in total. The molecule has 118 valence electrons. The minimum Gasteiger partial charge on any atom is -0.508 e. The number of phenols is 1. The van der Waals surface area contributed by atoms with Crippen LogP contribution in [0.2, 0.25) is 0 Å². The van der Waals surface area contributed by atoms with Gasteiger partial charge in [-0.05, 0) is 59.2 Å². The number of esters is 1. The van der Waals surface area contributed by atoms with Crippen LogP contribution in [-0.2, 0) is 20.7 Å². The number of benzene rings is 1. The second kappa shape index (κ2) is 6.48. The number of aromatic hydroxyl groups is 1. The zero-order valence-corrected chi connectivity index (χ0v) is 13.8. The molecular weight excluding hydrogens is 268 g/mol. The highest BCUT2D eigenvalue weighted by Crippen LogP contribution is 2.20. The van der Waals surface area contributed by atoms with E-state index in [1.165, 1.54) is 0 Å². The molecule has 0 aliphatic rings. The van der Waals surface area contributed by atoms with E-state index in [1.54, 1.807) is 18.2 Å². The monoisotopic (exact) mass is 294 g/mol. The molecule has 0 aliphatic carbocycles. The van der Waals surface area contributed by atoms with Gasteiger partial charge in [0.1, 0.15) is 11.4 Å². The Morgan fingerprint density at radius 2 is 1.76 bits per heavy atom. The smallest absolute Gasteiger partial charge is 0.336 e. The maximum atomic E-state index is 12.3. The van der Waals surface area contributed by atoms with E-state index in [-0.39, 0.29) is 11.7 Å². The SMILES string of the molecule is CC(C)(C)OC(=O)C(Cc1cccc(O)c1)OC(C)(C)C. The Morgan fingerprint density at radius 1 is 1.14 bits per heavy atom. The van der Waals surface area contributed by atoms with Gasteiger partial charge in [-0.15, -0.1) is 0 Å². The van der Waals surface area contributed by atoms with E-state index in [0.29, 0.717) is 6.42 Å². The van der Waals surface area contributed by atoms with Gasteiger partial charge in [-0.25, -0.2) is 4.79 Å². The lowest BCUT2D eigenvalue weighted by Gasteiger charge is -2.29. The summed E-state index contributed by atoms with van der Waals surface area (Å²) in [6, 6.07) is 6.82. The summed E-state index contributed by atoms with van der Waals surface area (Å²) >= 11 is 0. The molecule has 1 aromatic rings. The summed E-state index contributed by atoms with van der Waals surface area (Å²) in [5.41, 5.74) is -0.191. The van der Waals surface area contributed by atoms with Gasteiger partial charge in [0.15, 0.2) is 6.10 Å². The van der Waals surface area contributed by atoms with Crippen molar-refractivity contribution >= 4 is 5.97 Å². The molecule has 21 heavy (non-hydrogen) atoms. The van der Waals surface area contributed by atoms with Gasteiger partial charge >= 0.3 is 5.97 Å². The first kappa shape index (κ1) is 17.5. The van der Waals surface area contributed by atoms with Gasteiger partial charge in [-0.1, -0.05) is 12.1 Å². The van der Waals surface area contributed by atoms with Crippen LogP contribution < -0.4 is 0 Å². The van der Waals surface area contributed by atoms with Crippen LogP contribution in [0, 0.1) is 0 Å². The Bertz CT molecular complexity index is 480. The Kier molecular flexibility index (Phi) is 5.40. The molecule has 1 rings (SSSR count). The van der Waals surface area contributed by atoms with E-state index in [1.807, 2.05) is 47.6 Å². The first-order valence-electron chi connectivity index (χ1n) is 7.15. The highest BCUT2D eigenvalue weighted by atomic mass is 16.6. The van der Waals surface area contributed by atoms with E-state index >= 15 is 0 Å². The van der Waals surface area contributed by atoms with Crippen LogP contribution >= 0.6 is 0 Å². The number of carbonyl (C=O) groups is 1. The van der Waals surface area contributed by atoms with Crippen molar-refractivity contribution in [2.45, 2.75) is 65.3 Å². The molecule has 0 fully saturated rings. The fourth-order valence-corrected chi connectivity index (χ4v) is 1.86. The lowest BCUT2D eigenvalue weighted by Crippen LogP contribution is -2.39. The molecule has 0 aromatic heterocycles. The minimum atomic E-state index is -0.703. The van der Waals surface area contributed by atoms with Gasteiger partial charge in [0, 0.05) is 6.42 Å². The van der Waals surface area contributed by atoms with Gasteiger partial charge in [0.25, 0.3) is 0 Å². The van der Waals surface area contributed by atoms with E-state index in [9.17, 15) is 9.90 Å². The maximum absolute atomic E-state index is 12.3. The second-order valence-corrected chi connectivity index (χ2v) is 7.13. The predicted octanol–water partition coefficient (Wildman–Crippen LogP) is 3.46. The molecule has 1 aromatic carbocycles. The third-order valence-corrected chi connectivity index (χ3v) is 2.50. The fraction of sp³-hybridized carbons (Fsp3) is 0.588. The summed E-state index contributed by atoms with van der Waals surface area (Å²) in [4.78, 5) is 12.3. The average molecular weight is 294 g/mol. The summed E-state index contributed by atoms with van der Waals surface area (Å²) in [6.45, 7) is 11.2. The number of carbonyl (C=O) groups excluding carboxylic acids is 1. The lowest BCUT2D eigenvalue weighted by atomic mass is 10.1. The van der Waals surface area contributed by atoms with Gasteiger partial charge < -0.3 is 14.6 Å². The molecular formula is C17H26O4. The van der Waals surface area contributed by atoms with Crippen LogP contribution in [0.15, 0.2) is 24.3 Å². The fourth-order valence-electron chi connectivity index (χ4n) is 1.86. The first-order chi connectivity index (χ1) is 9.46. The zero-order chi connectivity index (χ0) is 16.3. The van der Waals surface area contributed by atoms with Crippen LogP contribution in [0.4, 0.5) is 0 Å². The first-order valence-corrected chi connectivity index (χ1v) is 7.15. The largest absolute Gasteiger partial charge is 0.508 e. The second-order valence-electron chi connectivity index (χ2n) is 7.13. The van der Waals surface area contributed by atoms with Crippen LogP contribution in [0.1, 0.15) is 47.1 Å². The molecule has 0 saturated heterocycles. The quantitative estimate of drug-likeness (QED) is 0.864. The Balaban J connectivity index is 2.89. The van der Waals surface area contributed by atoms with Gasteiger partial charge in [-0.3, -0.25) is 0 Å². The topological polar surface area (TPSA) is 55.8 Å². The van der Waals surface area contributed by atoms with Crippen molar-refractivity contribution in [3.05, 3.63) is 29.8 Å². The van der Waals surface area contributed by atoms with Crippen LogP contribution in [0.5, 0.6) is 5.75 Å². The van der Waals surface area contributed by atoms with Gasteiger partial charge in [0.2, 0.25) is 0 Å². The highest BCUT2D eigenvalue weighted by Gasteiger charge is 2.30. The number of rotatable bonds is 4. The summed E-state index contributed by atoms with van der Waals surface area (Å²) in [7, 11) is 0. The Morgan fingerprint density at radius 3 is 2.24 bits per heavy atom. The summed E-state index contributed by atoms with van der Waals surface area (Å²) < 4.78 is 11.3. The van der Waals surface area contributed by atoms with E-state index < -0.39 is 17.3 Å². The van der Waals surface area contributed by atoms with Crippen LogP contribution in [0.3, 0.4) is 0 Å². The molecule has 0 radical (unpaired) electrons. The van der Waals surface area contributed by atoms with Crippen molar-refractivity contribution in [2.24, 2.45) is 0 Å². The van der Waals surface area contributed by atoms with Crippen molar-refractivity contribution in [3.63, 3.8) is 0 Å². The molecule has 0 bridgehead atoms. The molecule has 0 saturated carbocycles.